The average molecular weight is 231 g/mol. The molecule has 0 aliphatic heterocycles. The van der Waals surface area contributed by atoms with E-state index in [9.17, 15) is 0 Å². The summed E-state index contributed by atoms with van der Waals surface area (Å²) in [6.07, 6.45) is 3.29. The van der Waals surface area contributed by atoms with Gasteiger partial charge in [-0.15, -0.1) is 0 Å². The van der Waals surface area contributed by atoms with Crippen LogP contribution >= 0.6 is 0 Å². The Balaban J connectivity index is 2.10. The highest BCUT2D eigenvalue weighted by Crippen LogP contribution is 2.21. The molecule has 0 aliphatic rings. The van der Waals surface area contributed by atoms with Crippen molar-refractivity contribution >= 4 is 5.82 Å². The molecule has 0 radical (unpaired) electrons. The van der Waals surface area contributed by atoms with Crippen molar-refractivity contribution in [3.8, 4) is 11.6 Å². The highest BCUT2D eigenvalue weighted by molar-refractivity contribution is 5.44. The maximum Gasteiger partial charge on any atom is 0.219 e. The third kappa shape index (κ3) is 2.63. The lowest BCUT2D eigenvalue weighted by atomic mass is 10.3. The minimum Gasteiger partial charge on any atom is -0.485 e. The van der Waals surface area contributed by atoms with Crippen molar-refractivity contribution < 1.29 is 9.47 Å². The van der Waals surface area contributed by atoms with E-state index in [0.29, 0.717) is 24.1 Å². The third-order valence-electron chi connectivity index (χ3n) is 2.23. The molecular formula is C12H13N3O2. The Morgan fingerprint density at radius 2 is 1.94 bits per heavy atom. The number of hydrogen-bond acceptors (Lipinski definition) is 5. The van der Waals surface area contributed by atoms with Crippen molar-refractivity contribution in [2.24, 2.45) is 0 Å². The molecule has 0 atom stereocenters. The predicted octanol–water partition coefficient (Wildman–Crippen LogP) is 1.65. The van der Waals surface area contributed by atoms with Crippen LogP contribution in [0, 0.1) is 0 Å². The fraction of sp³-hybridized carbons (Fsp3) is 0.167. The summed E-state index contributed by atoms with van der Waals surface area (Å²) >= 11 is 0. The molecule has 0 aromatic carbocycles. The number of ether oxygens (including phenoxy) is 2. The van der Waals surface area contributed by atoms with Crippen LogP contribution < -0.4 is 15.2 Å². The molecule has 2 rings (SSSR count). The standard InChI is InChI=1S/C12H13N3O2/c1-16-12-9(4-2-7-15-12)8-17-10-5-3-6-14-11(10)13/h2-7H,8H2,1H3,(H2,13,14). The normalized spacial score (nSPS) is 9.94. The first kappa shape index (κ1) is 11.2. The summed E-state index contributed by atoms with van der Waals surface area (Å²) < 4.78 is 10.7. The summed E-state index contributed by atoms with van der Waals surface area (Å²) in [6, 6.07) is 7.25. The first-order valence-corrected chi connectivity index (χ1v) is 5.12. The van der Waals surface area contributed by atoms with Gasteiger partial charge in [0.2, 0.25) is 5.88 Å². The molecule has 2 N–H and O–H groups in total. The van der Waals surface area contributed by atoms with Gasteiger partial charge >= 0.3 is 0 Å². The van der Waals surface area contributed by atoms with E-state index < -0.39 is 0 Å². The Bertz CT molecular complexity index is 503. The zero-order chi connectivity index (χ0) is 12.1. The maximum atomic E-state index is 5.67. The fourth-order valence-electron chi connectivity index (χ4n) is 1.40. The molecule has 5 heteroatoms. The lowest BCUT2D eigenvalue weighted by molar-refractivity contribution is 0.294. The van der Waals surface area contributed by atoms with Crippen molar-refractivity contribution in [1.29, 1.82) is 0 Å². The number of aromatic nitrogens is 2. The molecule has 0 fully saturated rings. The summed E-state index contributed by atoms with van der Waals surface area (Å²) in [5.74, 6) is 1.48. The van der Waals surface area contributed by atoms with Crippen LogP contribution in [0.1, 0.15) is 5.56 Å². The van der Waals surface area contributed by atoms with E-state index in [1.165, 1.54) is 0 Å². The van der Waals surface area contributed by atoms with Crippen LogP contribution in [-0.2, 0) is 6.61 Å². The molecule has 2 heterocycles. The molecule has 0 unspecified atom stereocenters. The van der Waals surface area contributed by atoms with E-state index in [0.717, 1.165) is 5.56 Å². The fourth-order valence-corrected chi connectivity index (χ4v) is 1.40. The number of nitrogens with zero attached hydrogens (tertiary/aromatic N) is 2. The van der Waals surface area contributed by atoms with Gasteiger partial charge in [-0.05, 0) is 24.3 Å². The molecule has 0 aliphatic carbocycles. The van der Waals surface area contributed by atoms with Gasteiger partial charge in [-0.25, -0.2) is 9.97 Å². The summed E-state index contributed by atoms with van der Waals surface area (Å²) in [5.41, 5.74) is 6.53. The van der Waals surface area contributed by atoms with E-state index in [1.807, 2.05) is 12.1 Å². The van der Waals surface area contributed by atoms with Crippen LogP contribution in [0.2, 0.25) is 0 Å². The van der Waals surface area contributed by atoms with E-state index in [1.54, 1.807) is 31.6 Å². The number of methoxy groups -OCH3 is 1. The molecule has 17 heavy (non-hydrogen) atoms. The second-order valence-electron chi connectivity index (χ2n) is 3.35. The Kier molecular flexibility index (Phi) is 3.40. The zero-order valence-corrected chi connectivity index (χ0v) is 9.46. The summed E-state index contributed by atoms with van der Waals surface area (Å²) in [7, 11) is 1.57. The molecule has 0 saturated heterocycles. The van der Waals surface area contributed by atoms with Crippen LogP contribution in [0.15, 0.2) is 36.7 Å². The van der Waals surface area contributed by atoms with Crippen LogP contribution in [0.3, 0.4) is 0 Å². The molecule has 0 amide bonds. The number of nitrogen functional groups attached to an aromatic ring is 1. The molecule has 0 saturated carbocycles. The van der Waals surface area contributed by atoms with Gasteiger partial charge in [-0.1, -0.05) is 0 Å². The number of nitrogens with two attached hydrogens (primary N) is 1. The third-order valence-corrected chi connectivity index (χ3v) is 2.23. The topological polar surface area (TPSA) is 70.3 Å². The van der Waals surface area contributed by atoms with E-state index >= 15 is 0 Å². The molecule has 2 aromatic heterocycles. The van der Waals surface area contributed by atoms with Gasteiger partial charge in [0.1, 0.15) is 6.61 Å². The van der Waals surface area contributed by atoms with Gasteiger partial charge in [0.25, 0.3) is 0 Å². The van der Waals surface area contributed by atoms with Crippen LogP contribution in [0.4, 0.5) is 5.82 Å². The van der Waals surface area contributed by atoms with Crippen molar-refractivity contribution in [2.45, 2.75) is 6.61 Å². The Hall–Kier alpha value is -2.30. The van der Waals surface area contributed by atoms with Crippen molar-refractivity contribution in [3.63, 3.8) is 0 Å². The average Bonchev–Trinajstić information content (AvgIpc) is 2.38. The lowest BCUT2D eigenvalue weighted by Crippen LogP contribution is -2.02. The summed E-state index contributed by atoms with van der Waals surface area (Å²) in [5, 5.41) is 0. The number of hydrogen-bond donors (Lipinski definition) is 1. The van der Waals surface area contributed by atoms with Gasteiger partial charge in [-0.3, -0.25) is 0 Å². The Morgan fingerprint density at radius 3 is 2.71 bits per heavy atom. The predicted molar refractivity (Wildman–Crippen MR) is 63.8 cm³/mol. The van der Waals surface area contributed by atoms with Crippen LogP contribution in [-0.4, -0.2) is 17.1 Å². The van der Waals surface area contributed by atoms with E-state index in [-0.39, 0.29) is 0 Å². The summed E-state index contributed by atoms with van der Waals surface area (Å²) in [6.45, 7) is 0.340. The number of anilines is 1. The summed E-state index contributed by atoms with van der Waals surface area (Å²) in [4.78, 5) is 8.02. The van der Waals surface area contributed by atoms with Crippen molar-refractivity contribution in [3.05, 3.63) is 42.2 Å². The van der Waals surface area contributed by atoms with Crippen LogP contribution in [0.5, 0.6) is 11.6 Å². The molecule has 0 spiro atoms. The van der Waals surface area contributed by atoms with E-state index in [4.69, 9.17) is 15.2 Å². The first-order valence-electron chi connectivity index (χ1n) is 5.12. The van der Waals surface area contributed by atoms with Gasteiger partial charge in [0, 0.05) is 12.4 Å². The van der Waals surface area contributed by atoms with Crippen molar-refractivity contribution in [1.82, 2.24) is 9.97 Å². The molecule has 2 aromatic rings. The number of pyridine rings is 2. The van der Waals surface area contributed by atoms with Crippen molar-refractivity contribution in [2.75, 3.05) is 12.8 Å². The van der Waals surface area contributed by atoms with Gasteiger partial charge in [-0.2, -0.15) is 0 Å². The Morgan fingerprint density at radius 1 is 1.18 bits per heavy atom. The molecular weight excluding hydrogens is 218 g/mol. The largest absolute Gasteiger partial charge is 0.485 e. The second kappa shape index (κ2) is 5.16. The Labute approximate surface area is 99.2 Å². The van der Waals surface area contributed by atoms with Crippen LogP contribution in [0.25, 0.3) is 0 Å². The van der Waals surface area contributed by atoms with Gasteiger partial charge in [0.15, 0.2) is 11.6 Å². The maximum absolute atomic E-state index is 5.67. The highest BCUT2D eigenvalue weighted by Gasteiger charge is 2.05. The minimum absolute atomic E-state index is 0.340. The molecule has 0 bridgehead atoms. The van der Waals surface area contributed by atoms with E-state index in [2.05, 4.69) is 9.97 Å². The SMILES string of the molecule is COc1ncccc1COc1cccnc1N. The highest BCUT2D eigenvalue weighted by atomic mass is 16.5. The van der Waals surface area contributed by atoms with Gasteiger partial charge in [0.05, 0.1) is 12.7 Å². The monoisotopic (exact) mass is 231 g/mol. The zero-order valence-electron chi connectivity index (χ0n) is 9.46. The molecule has 88 valence electrons. The first-order chi connectivity index (χ1) is 8.31. The lowest BCUT2D eigenvalue weighted by Gasteiger charge is -2.09. The minimum atomic E-state index is 0.340. The van der Waals surface area contributed by atoms with Gasteiger partial charge < -0.3 is 15.2 Å². The number of rotatable bonds is 4. The smallest absolute Gasteiger partial charge is 0.219 e. The second-order valence-corrected chi connectivity index (χ2v) is 3.35. The quantitative estimate of drug-likeness (QED) is 0.866. The molecule has 5 nitrogen and oxygen atoms in total.